The summed E-state index contributed by atoms with van der Waals surface area (Å²) in [4.78, 5) is 10.9. The lowest BCUT2D eigenvalue weighted by molar-refractivity contribution is 0.112. The van der Waals surface area contributed by atoms with Crippen molar-refractivity contribution < 1.29 is 14.3 Å². The lowest BCUT2D eigenvalue weighted by atomic mass is 10.2. The van der Waals surface area contributed by atoms with Crippen molar-refractivity contribution in [3.05, 3.63) is 57.6 Å². The Morgan fingerprint density at radius 3 is 2.52 bits per heavy atom. The summed E-state index contributed by atoms with van der Waals surface area (Å²) in [6.45, 7) is 2.65. The topological polar surface area (TPSA) is 35.5 Å². The number of carbonyl (C=O) groups is 1. The number of benzene rings is 2. The summed E-state index contributed by atoms with van der Waals surface area (Å²) in [6.07, 6.45) is 0.686. The molecule has 110 valence electrons. The third kappa shape index (κ3) is 4.13. The Morgan fingerprint density at radius 1 is 1.10 bits per heavy atom. The molecule has 2 aromatic rings. The largest absolute Gasteiger partial charge is 0.490 e. The Morgan fingerprint density at radius 2 is 1.86 bits per heavy atom. The minimum Gasteiger partial charge on any atom is -0.490 e. The zero-order valence-corrected chi connectivity index (χ0v) is 12.9. The van der Waals surface area contributed by atoms with Gasteiger partial charge in [-0.25, -0.2) is 0 Å². The molecule has 0 heterocycles. The number of hydrogen-bond acceptors (Lipinski definition) is 3. The van der Waals surface area contributed by atoms with Crippen LogP contribution in [0.25, 0.3) is 0 Å². The number of hydrogen-bond donors (Lipinski definition) is 0. The maximum atomic E-state index is 10.9. The maximum Gasteiger partial charge on any atom is 0.163 e. The molecule has 0 unspecified atom stereocenters. The third-order valence-electron chi connectivity index (χ3n) is 2.77. The van der Waals surface area contributed by atoms with E-state index in [1.54, 1.807) is 18.2 Å². The highest BCUT2D eigenvalue weighted by Gasteiger charge is 2.11. The molecule has 2 aromatic carbocycles. The summed E-state index contributed by atoms with van der Waals surface area (Å²) in [5, 5.41) is 0.977. The van der Waals surface area contributed by atoms with Crippen LogP contribution in [0, 0.1) is 0 Å². The van der Waals surface area contributed by atoms with Crippen LogP contribution < -0.4 is 9.47 Å². The predicted molar refractivity (Wildman–Crippen MR) is 83.8 cm³/mol. The molecule has 5 heteroatoms. The zero-order valence-electron chi connectivity index (χ0n) is 11.4. The van der Waals surface area contributed by atoms with Crippen LogP contribution in [0.2, 0.25) is 10.0 Å². The molecule has 0 atom stereocenters. The van der Waals surface area contributed by atoms with Gasteiger partial charge in [-0.2, -0.15) is 0 Å². The highest BCUT2D eigenvalue weighted by molar-refractivity contribution is 6.33. The van der Waals surface area contributed by atoms with Crippen molar-refractivity contribution in [1.29, 1.82) is 0 Å². The highest BCUT2D eigenvalue weighted by Crippen LogP contribution is 2.33. The number of aldehydes is 1. The molecule has 3 nitrogen and oxygen atoms in total. The fraction of sp³-hybridized carbons (Fsp3) is 0.188. The summed E-state index contributed by atoms with van der Waals surface area (Å²) >= 11 is 12.0. The molecular formula is C16H14Cl2O3. The van der Waals surface area contributed by atoms with E-state index in [4.69, 9.17) is 32.7 Å². The minimum absolute atomic E-state index is 0.328. The van der Waals surface area contributed by atoms with Crippen molar-refractivity contribution in [2.75, 3.05) is 6.61 Å². The Bertz CT molecular complexity index is 641. The second-order valence-corrected chi connectivity index (χ2v) is 5.13. The summed E-state index contributed by atoms with van der Waals surface area (Å²) in [7, 11) is 0. The zero-order chi connectivity index (χ0) is 15.2. The van der Waals surface area contributed by atoms with Gasteiger partial charge in [0.2, 0.25) is 0 Å². The fourth-order valence-electron chi connectivity index (χ4n) is 1.81. The van der Waals surface area contributed by atoms with Crippen LogP contribution >= 0.6 is 23.2 Å². The van der Waals surface area contributed by atoms with E-state index in [0.29, 0.717) is 46.6 Å². The van der Waals surface area contributed by atoms with Gasteiger partial charge in [0.15, 0.2) is 17.8 Å². The molecular weight excluding hydrogens is 311 g/mol. The first-order valence-corrected chi connectivity index (χ1v) is 7.18. The molecule has 0 N–H and O–H groups in total. The van der Waals surface area contributed by atoms with Gasteiger partial charge in [0.1, 0.15) is 6.61 Å². The highest BCUT2D eigenvalue weighted by atomic mass is 35.5. The van der Waals surface area contributed by atoms with E-state index in [0.717, 1.165) is 5.56 Å². The summed E-state index contributed by atoms with van der Waals surface area (Å²) < 4.78 is 11.2. The maximum absolute atomic E-state index is 10.9. The van der Waals surface area contributed by atoms with E-state index in [2.05, 4.69) is 0 Å². The molecule has 0 bridgehead atoms. The normalized spacial score (nSPS) is 10.2. The number of carbonyl (C=O) groups excluding carboxylic acids is 1. The van der Waals surface area contributed by atoms with Crippen molar-refractivity contribution in [1.82, 2.24) is 0 Å². The van der Waals surface area contributed by atoms with Crippen LogP contribution in [0.4, 0.5) is 0 Å². The van der Waals surface area contributed by atoms with Gasteiger partial charge < -0.3 is 9.47 Å². The van der Waals surface area contributed by atoms with E-state index >= 15 is 0 Å². The first-order chi connectivity index (χ1) is 10.1. The molecule has 2 rings (SSSR count). The summed E-state index contributed by atoms with van der Waals surface area (Å²) in [5.41, 5.74) is 1.30. The first kappa shape index (κ1) is 15.7. The average molecular weight is 325 g/mol. The van der Waals surface area contributed by atoms with E-state index in [-0.39, 0.29) is 0 Å². The second-order valence-electron chi connectivity index (χ2n) is 4.29. The minimum atomic E-state index is 0.328. The van der Waals surface area contributed by atoms with Gasteiger partial charge in [-0.15, -0.1) is 0 Å². The monoisotopic (exact) mass is 324 g/mol. The lowest BCUT2D eigenvalue weighted by Crippen LogP contribution is -2.01. The van der Waals surface area contributed by atoms with Crippen LogP contribution in [-0.4, -0.2) is 12.9 Å². The quantitative estimate of drug-likeness (QED) is 0.717. The predicted octanol–water partition coefficient (Wildman–Crippen LogP) is 4.78. The molecule has 0 aliphatic heterocycles. The van der Waals surface area contributed by atoms with E-state index < -0.39 is 0 Å². The van der Waals surface area contributed by atoms with Crippen LogP contribution in [0.3, 0.4) is 0 Å². The summed E-state index contributed by atoms with van der Waals surface area (Å²) in [5.74, 6) is 0.985. The van der Waals surface area contributed by atoms with Crippen LogP contribution in [0.5, 0.6) is 11.5 Å². The van der Waals surface area contributed by atoms with Crippen molar-refractivity contribution in [2.24, 2.45) is 0 Å². The number of rotatable bonds is 6. The van der Waals surface area contributed by atoms with E-state index in [1.165, 1.54) is 0 Å². The molecule has 0 aliphatic carbocycles. The van der Waals surface area contributed by atoms with Gasteiger partial charge in [-0.05, 0) is 30.7 Å². The van der Waals surface area contributed by atoms with Crippen LogP contribution in [0.15, 0.2) is 36.4 Å². The molecule has 0 amide bonds. The smallest absolute Gasteiger partial charge is 0.163 e. The van der Waals surface area contributed by atoms with Crippen molar-refractivity contribution in [3.63, 3.8) is 0 Å². The molecule has 0 saturated carbocycles. The molecule has 0 fully saturated rings. The van der Waals surface area contributed by atoms with Gasteiger partial charge in [0.05, 0.1) is 11.6 Å². The van der Waals surface area contributed by atoms with Gasteiger partial charge in [-0.3, -0.25) is 4.79 Å². The fourth-order valence-corrected chi connectivity index (χ4v) is 2.22. The average Bonchev–Trinajstić information content (AvgIpc) is 2.47. The molecule has 0 radical (unpaired) electrons. The molecule has 0 saturated heterocycles. The van der Waals surface area contributed by atoms with E-state index in [9.17, 15) is 4.79 Å². The second kappa shape index (κ2) is 7.34. The van der Waals surface area contributed by atoms with Crippen LogP contribution in [0.1, 0.15) is 22.8 Å². The number of halogens is 2. The SMILES string of the molecule is CCOc1cc(C=O)c(Cl)cc1OCc1cccc(Cl)c1. The third-order valence-corrected chi connectivity index (χ3v) is 3.34. The van der Waals surface area contributed by atoms with Crippen molar-refractivity contribution in [3.8, 4) is 11.5 Å². The summed E-state index contributed by atoms with van der Waals surface area (Å²) in [6, 6.07) is 10.5. The molecule has 21 heavy (non-hydrogen) atoms. The van der Waals surface area contributed by atoms with Crippen LogP contribution in [-0.2, 0) is 6.61 Å². The van der Waals surface area contributed by atoms with Gasteiger partial charge in [-0.1, -0.05) is 35.3 Å². The Hall–Kier alpha value is -1.71. The van der Waals surface area contributed by atoms with Gasteiger partial charge in [0.25, 0.3) is 0 Å². The Labute approximate surface area is 133 Å². The number of ether oxygens (including phenoxy) is 2. The lowest BCUT2D eigenvalue weighted by Gasteiger charge is -2.13. The molecule has 0 aromatic heterocycles. The van der Waals surface area contributed by atoms with Crippen molar-refractivity contribution >= 4 is 29.5 Å². The molecule has 0 aliphatic rings. The Kier molecular flexibility index (Phi) is 5.48. The molecule has 0 spiro atoms. The van der Waals surface area contributed by atoms with Crippen molar-refractivity contribution in [2.45, 2.75) is 13.5 Å². The van der Waals surface area contributed by atoms with E-state index in [1.807, 2.05) is 25.1 Å². The Balaban J connectivity index is 2.22. The van der Waals surface area contributed by atoms with Gasteiger partial charge in [0, 0.05) is 16.7 Å². The standard InChI is InChI=1S/C16H14Cl2O3/c1-2-20-15-7-12(9-19)14(18)8-16(15)21-10-11-4-3-5-13(17)6-11/h3-9H,2,10H2,1H3. The first-order valence-electron chi connectivity index (χ1n) is 6.42. The van der Waals surface area contributed by atoms with Gasteiger partial charge >= 0.3 is 0 Å².